The minimum absolute atomic E-state index is 0.0573. The Morgan fingerprint density at radius 1 is 1.31 bits per heavy atom. The third kappa shape index (κ3) is 5.70. The number of aliphatic hydroxyl groups is 1. The summed E-state index contributed by atoms with van der Waals surface area (Å²) in [5.74, 6) is -2.19. The summed E-state index contributed by atoms with van der Waals surface area (Å²) < 4.78 is 37.3. The number of carbonyl (C=O) groups excluding carboxylic acids is 1. The van der Waals surface area contributed by atoms with Gasteiger partial charge in [0.25, 0.3) is 0 Å². The van der Waals surface area contributed by atoms with Crippen LogP contribution in [0.25, 0.3) is 0 Å². The molecule has 0 spiro atoms. The average molecular weight is 473 g/mol. The zero-order chi connectivity index (χ0) is 22.6. The molecule has 0 saturated heterocycles. The van der Waals surface area contributed by atoms with Gasteiger partial charge in [-0.2, -0.15) is 4.98 Å². The highest BCUT2D eigenvalue weighted by atomic mass is 32.1. The van der Waals surface area contributed by atoms with E-state index in [1.807, 2.05) is 4.90 Å². The van der Waals surface area contributed by atoms with Crippen LogP contribution >= 0.6 is 11.3 Å². The first-order valence-corrected chi connectivity index (χ1v) is 11.4. The van der Waals surface area contributed by atoms with Crippen molar-refractivity contribution in [2.45, 2.75) is 50.5 Å². The van der Waals surface area contributed by atoms with Crippen molar-refractivity contribution in [1.82, 2.24) is 20.4 Å². The maximum absolute atomic E-state index is 13.4. The number of ether oxygens (including phenoxy) is 1. The predicted octanol–water partition coefficient (Wildman–Crippen LogP) is 2.51. The molecule has 0 unspecified atom stereocenters. The third-order valence-electron chi connectivity index (χ3n) is 5.50. The number of nitrogens with one attached hydrogen (secondary N) is 2. The molecular weight excluding hydrogens is 446 g/mol. The largest absolute Gasteiger partial charge is 0.394 e. The number of aromatic nitrogens is 3. The number of urea groups is 1. The number of nitrogens with zero attached hydrogens (tertiary/aromatic N) is 4. The molecule has 0 bridgehead atoms. The van der Waals surface area contributed by atoms with Crippen molar-refractivity contribution >= 4 is 28.5 Å². The quantitative estimate of drug-likeness (QED) is 0.501. The molecule has 3 N–H and O–H groups in total. The number of rotatable bonds is 8. The lowest BCUT2D eigenvalue weighted by Crippen LogP contribution is -2.31. The van der Waals surface area contributed by atoms with Crippen LogP contribution < -0.4 is 15.5 Å². The molecule has 4 rings (SSSR count). The van der Waals surface area contributed by atoms with Crippen molar-refractivity contribution < 1.29 is 27.9 Å². The summed E-state index contributed by atoms with van der Waals surface area (Å²) in [6, 6.07) is 0.00618. The molecule has 2 aliphatic rings. The number of hydrogen-bond donors (Lipinski definition) is 3. The average Bonchev–Trinajstić information content (AvgIpc) is 3.40. The van der Waals surface area contributed by atoms with Crippen molar-refractivity contribution in [3.63, 3.8) is 0 Å². The highest BCUT2D eigenvalue weighted by molar-refractivity contribution is 7.15. The van der Waals surface area contributed by atoms with E-state index < -0.39 is 5.92 Å². The second kappa shape index (κ2) is 10.0. The summed E-state index contributed by atoms with van der Waals surface area (Å²) in [6.07, 6.45) is 1.09. The molecule has 13 heteroatoms. The summed E-state index contributed by atoms with van der Waals surface area (Å²) in [5, 5.41) is 18.6. The molecule has 2 amide bonds. The fourth-order valence-corrected chi connectivity index (χ4v) is 4.79. The topological polar surface area (TPSA) is 126 Å². The van der Waals surface area contributed by atoms with Gasteiger partial charge in [0.15, 0.2) is 11.0 Å². The monoisotopic (exact) mass is 472 g/mol. The number of halogens is 2. The van der Waals surface area contributed by atoms with E-state index in [-0.39, 0.29) is 38.0 Å². The Morgan fingerprint density at radius 2 is 2.12 bits per heavy atom. The van der Waals surface area contributed by atoms with Gasteiger partial charge in [0.1, 0.15) is 0 Å². The molecule has 1 aliphatic carbocycles. The number of thiazole rings is 1. The van der Waals surface area contributed by atoms with Gasteiger partial charge in [0.05, 0.1) is 32.1 Å². The van der Waals surface area contributed by atoms with Crippen LogP contribution in [0.2, 0.25) is 0 Å². The lowest BCUT2D eigenvalue weighted by atomic mass is 9.86. The zero-order valence-electron chi connectivity index (χ0n) is 17.5. The van der Waals surface area contributed by atoms with E-state index in [0.29, 0.717) is 62.5 Å². The third-order valence-corrected chi connectivity index (χ3v) is 6.50. The number of amides is 2. The first-order chi connectivity index (χ1) is 15.4. The van der Waals surface area contributed by atoms with Gasteiger partial charge in [-0.15, -0.1) is 0 Å². The van der Waals surface area contributed by atoms with Gasteiger partial charge in [0, 0.05) is 43.1 Å². The molecule has 32 heavy (non-hydrogen) atoms. The van der Waals surface area contributed by atoms with Crippen LogP contribution in [0.1, 0.15) is 48.0 Å². The summed E-state index contributed by atoms with van der Waals surface area (Å²) in [6.45, 7) is 1.97. The Kier molecular flexibility index (Phi) is 7.16. The van der Waals surface area contributed by atoms with Gasteiger partial charge in [-0.05, 0) is 12.8 Å². The second-order valence-corrected chi connectivity index (χ2v) is 8.93. The van der Waals surface area contributed by atoms with Crippen molar-refractivity contribution in [3.05, 3.63) is 16.4 Å². The first-order valence-electron chi connectivity index (χ1n) is 10.6. The number of anilines is 2. The van der Waals surface area contributed by atoms with Crippen molar-refractivity contribution in [2.75, 3.05) is 43.1 Å². The molecule has 2 aromatic heterocycles. The zero-order valence-corrected chi connectivity index (χ0v) is 18.3. The Hall–Kier alpha value is -2.38. The van der Waals surface area contributed by atoms with Crippen LogP contribution in [-0.2, 0) is 17.7 Å². The number of hydrogen-bond acceptors (Lipinski definition) is 9. The first kappa shape index (κ1) is 22.8. The van der Waals surface area contributed by atoms with E-state index in [4.69, 9.17) is 14.4 Å². The molecule has 0 atom stereocenters. The van der Waals surface area contributed by atoms with E-state index >= 15 is 0 Å². The lowest BCUT2D eigenvalue weighted by molar-refractivity contribution is -0.0389. The van der Waals surface area contributed by atoms with E-state index in [2.05, 4.69) is 25.8 Å². The standard InChI is InChI=1S/C19H26F2N6O4S/c20-19(21)4-1-12(2-5-19)15-24-18(31-26-15)27-7-3-13-14(11-27)32-17(23-13)25-16(29)22-6-9-30-10-8-28/h12,28H,1-11H2,(H2,22,23,25,29). The van der Waals surface area contributed by atoms with Crippen LogP contribution in [-0.4, -0.2) is 65.1 Å². The molecule has 1 fully saturated rings. The van der Waals surface area contributed by atoms with Crippen LogP contribution in [0.3, 0.4) is 0 Å². The molecule has 3 heterocycles. The molecule has 1 aliphatic heterocycles. The molecule has 2 aromatic rings. The molecule has 0 aromatic carbocycles. The van der Waals surface area contributed by atoms with Gasteiger partial charge in [-0.3, -0.25) is 5.32 Å². The van der Waals surface area contributed by atoms with Gasteiger partial charge in [-0.1, -0.05) is 16.5 Å². The Morgan fingerprint density at radius 3 is 2.91 bits per heavy atom. The molecular formula is C19H26F2N6O4S. The lowest BCUT2D eigenvalue weighted by Gasteiger charge is -2.26. The summed E-state index contributed by atoms with van der Waals surface area (Å²) in [7, 11) is 0. The minimum atomic E-state index is -2.59. The summed E-state index contributed by atoms with van der Waals surface area (Å²) in [5.41, 5.74) is 0.919. The maximum atomic E-state index is 13.4. The van der Waals surface area contributed by atoms with E-state index in [1.54, 1.807) is 0 Å². The number of fused-ring (bicyclic) bond motifs is 1. The van der Waals surface area contributed by atoms with Crippen LogP contribution in [0.15, 0.2) is 4.52 Å². The van der Waals surface area contributed by atoms with Gasteiger partial charge < -0.3 is 24.6 Å². The Bertz CT molecular complexity index is 914. The van der Waals surface area contributed by atoms with E-state index in [9.17, 15) is 13.6 Å². The number of alkyl halides is 2. The van der Waals surface area contributed by atoms with Gasteiger partial charge in [-0.25, -0.2) is 18.6 Å². The summed E-state index contributed by atoms with van der Waals surface area (Å²) >= 11 is 1.38. The second-order valence-electron chi connectivity index (χ2n) is 7.84. The SMILES string of the molecule is O=C(NCCOCCO)Nc1nc2c(s1)CN(c1nc(C3CCC(F)(F)CC3)no1)CC2. The van der Waals surface area contributed by atoms with E-state index in [1.165, 1.54) is 11.3 Å². The number of aliphatic hydroxyl groups excluding tert-OH is 1. The van der Waals surface area contributed by atoms with Gasteiger partial charge >= 0.3 is 12.0 Å². The smallest absolute Gasteiger partial charge is 0.324 e. The normalized spacial score (nSPS) is 18.4. The van der Waals surface area contributed by atoms with Crippen LogP contribution in [0, 0.1) is 0 Å². The summed E-state index contributed by atoms with van der Waals surface area (Å²) in [4.78, 5) is 23.9. The molecule has 10 nitrogen and oxygen atoms in total. The fraction of sp³-hybridized carbons (Fsp3) is 0.684. The maximum Gasteiger partial charge on any atom is 0.324 e. The Balaban J connectivity index is 1.29. The van der Waals surface area contributed by atoms with Crippen molar-refractivity contribution in [3.8, 4) is 0 Å². The fourth-order valence-electron chi connectivity index (χ4n) is 3.78. The Labute approximate surface area is 187 Å². The van der Waals surface area contributed by atoms with E-state index in [0.717, 1.165) is 10.6 Å². The highest BCUT2D eigenvalue weighted by Gasteiger charge is 2.37. The van der Waals surface area contributed by atoms with Crippen LogP contribution in [0.5, 0.6) is 0 Å². The number of carbonyl (C=O) groups is 1. The predicted molar refractivity (Wildman–Crippen MR) is 112 cm³/mol. The van der Waals surface area contributed by atoms with Crippen LogP contribution in [0.4, 0.5) is 24.7 Å². The van der Waals surface area contributed by atoms with Gasteiger partial charge in [0.2, 0.25) is 5.92 Å². The molecule has 0 radical (unpaired) electrons. The minimum Gasteiger partial charge on any atom is -0.394 e. The molecule has 176 valence electrons. The van der Waals surface area contributed by atoms with Crippen molar-refractivity contribution in [1.29, 1.82) is 0 Å². The highest BCUT2D eigenvalue weighted by Crippen LogP contribution is 2.40. The molecule has 1 saturated carbocycles. The van der Waals surface area contributed by atoms with Crippen molar-refractivity contribution in [2.24, 2.45) is 0 Å².